The number of thioether (sulfide) groups is 1. The fraction of sp³-hybridized carbons (Fsp3) is 0.294. The van der Waals surface area contributed by atoms with Crippen molar-refractivity contribution < 1.29 is 4.79 Å². The molecule has 25 heavy (non-hydrogen) atoms. The van der Waals surface area contributed by atoms with Gasteiger partial charge in [0.15, 0.2) is 0 Å². The largest absolute Gasteiger partial charge is 0.325 e. The molecule has 0 aliphatic carbocycles. The minimum Gasteiger partial charge on any atom is -0.325 e. The Morgan fingerprint density at radius 2 is 2.12 bits per heavy atom. The number of anilines is 1. The van der Waals surface area contributed by atoms with Crippen molar-refractivity contribution >= 4 is 34.7 Å². The minimum absolute atomic E-state index is 0.0695. The molecule has 8 heteroatoms. The Hall–Kier alpha value is -2.19. The summed E-state index contributed by atoms with van der Waals surface area (Å²) in [6.45, 7) is 4.57. The predicted octanol–water partition coefficient (Wildman–Crippen LogP) is 3.46. The SMILES string of the molecule is CCc1ccc(NC(=O)C(C)Sc2nnnn2Cc2cccs2)cc1. The third-order valence-electron chi connectivity index (χ3n) is 3.67. The summed E-state index contributed by atoms with van der Waals surface area (Å²) >= 11 is 3.01. The molecule has 1 unspecified atom stereocenters. The van der Waals surface area contributed by atoms with Crippen LogP contribution in [-0.2, 0) is 17.8 Å². The molecule has 0 aliphatic heterocycles. The highest BCUT2D eigenvalue weighted by Crippen LogP contribution is 2.23. The lowest BCUT2D eigenvalue weighted by Gasteiger charge is -2.12. The van der Waals surface area contributed by atoms with E-state index in [4.69, 9.17) is 0 Å². The number of nitrogens with zero attached hydrogens (tertiary/aromatic N) is 4. The average Bonchev–Trinajstić information content (AvgIpc) is 3.28. The summed E-state index contributed by atoms with van der Waals surface area (Å²) < 4.78 is 1.72. The van der Waals surface area contributed by atoms with E-state index in [0.717, 1.165) is 12.1 Å². The first-order valence-electron chi connectivity index (χ1n) is 8.00. The zero-order valence-corrected chi connectivity index (χ0v) is 15.7. The lowest BCUT2D eigenvalue weighted by atomic mass is 10.1. The molecular weight excluding hydrogens is 354 g/mol. The van der Waals surface area contributed by atoms with E-state index in [0.29, 0.717) is 11.7 Å². The van der Waals surface area contributed by atoms with Gasteiger partial charge in [-0.1, -0.05) is 36.9 Å². The summed E-state index contributed by atoms with van der Waals surface area (Å²) in [6, 6.07) is 11.9. The van der Waals surface area contributed by atoms with Crippen LogP contribution in [0.1, 0.15) is 24.3 Å². The maximum absolute atomic E-state index is 12.4. The summed E-state index contributed by atoms with van der Waals surface area (Å²) in [5.74, 6) is -0.0695. The van der Waals surface area contributed by atoms with Gasteiger partial charge >= 0.3 is 0 Å². The van der Waals surface area contributed by atoms with Crippen LogP contribution in [0.15, 0.2) is 46.9 Å². The van der Waals surface area contributed by atoms with Gasteiger partial charge in [0, 0.05) is 10.6 Å². The van der Waals surface area contributed by atoms with Crippen LogP contribution in [0, 0.1) is 0 Å². The molecule has 6 nitrogen and oxygen atoms in total. The van der Waals surface area contributed by atoms with Gasteiger partial charge in [0.2, 0.25) is 11.1 Å². The topological polar surface area (TPSA) is 72.7 Å². The van der Waals surface area contributed by atoms with Crippen molar-refractivity contribution in [2.24, 2.45) is 0 Å². The quantitative estimate of drug-likeness (QED) is 0.642. The molecule has 3 aromatic rings. The number of aryl methyl sites for hydroxylation is 1. The van der Waals surface area contributed by atoms with Crippen molar-refractivity contribution in [3.8, 4) is 0 Å². The summed E-state index contributed by atoms with van der Waals surface area (Å²) in [5, 5.41) is 17.1. The van der Waals surface area contributed by atoms with E-state index in [2.05, 4.69) is 27.8 Å². The number of nitrogens with one attached hydrogen (secondary N) is 1. The lowest BCUT2D eigenvalue weighted by Crippen LogP contribution is -2.23. The highest BCUT2D eigenvalue weighted by atomic mass is 32.2. The Morgan fingerprint density at radius 1 is 1.32 bits per heavy atom. The number of tetrazole rings is 1. The second-order valence-electron chi connectivity index (χ2n) is 5.50. The zero-order valence-electron chi connectivity index (χ0n) is 14.0. The number of carbonyl (C=O) groups is 1. The molecule has 0 aliphatic rings. The van der Waals surface area contributed by atoms with E-state index in [9.17, 15) is 4.79 Å². The summed E-state index contributed by atoms with van der Waals surface area (Å²) in [4.78, 5) is 13.6. The van der Waals surface area contributed by atoms with Crippen LogP contribution < -0.4 is 5.32 Å². The van der Waals surface area contributed by atoms with Gasteiger partial charge in [-0.25, -0.2) is 4.68 Å². The van der Waals surface area contributed by atoms with Crippen LogP contribution in [0.2, 0.25) is 0 Å². The number of hydrogen-bond donors (Lipinski definition) is 1. The molecule has 2 heterocycles. The van der Waals surface area contributed by atoms with E-state index in [1.807, 2.05) is 48.7 Å². The van der Waals surface area contributed by atoms with Crippen molar-refractivity contribution in [2.75, 3.05) is 5.32 Å². The molecule has 1 aromatic carbocycles. The molecule has 130 valence electrons. The van der Waals surface area contributed by atoms with E-state index in [1.54, 1.807) is 16.0 Å². The van der Waals surface area contributed by atoms with Gasteiger partial charge in [-0.2, -0.15) is 0 Å². The van der Waals surface area contributed by atoms with Gasteiger partial charge in [-0.3, -0.25) is 4.79 Å². The number of carbonyl (C=O) groups excluding carboxylic acids is 1. The van der Waals surface area contributed by atoms with Crippen molar-refractivity contribution in [2.45, 2.75) is 37.2 Å². The predicted molar refractivity (Wildman–Crippen MR) is 101 cm³/mol. The standard InChI is InChI=1S/C17H19N5OS2/c1-3-13-6-8-14(9-7-13)18-16(23)12(2)25-17-19-20-21-22(17)11-15-5-4-10-24-15/h4-10,12H,3,11H2,1-2H3,(H,18,23). The lowest BCUT2D eigenvalue weighted by molar-refractivity contribution is -0.115. The number of hydrogen-bond acceptors (Lipinski definition) is 6. The molecule has 1 amide bonds. The fourth-order valence-corrected chi connectivity index (χ4v) is 3.68. The van der Waals surface area contributed by atoms with E-state index in [1.165, 1.54) is 22.2 Å². The first-order valence-corrected chi connectivity index (χ1v) is 9.76. The smallest absolute Gasteiger partial charge is 0.237 e. The van der Waals surface area contributed by atoms with Crippen molar-refractivity contribution in [1.29, 1.82) is 0 Å². The Kier molecular flexibility index (Phi) is 5.83. The number of aromatic nitrogens is 4. The molecule has 2 aromatic heterocycles. The molecular formula is C17H19N5OS2. The molecule has 3 rings (SSSR count). The fourth-order valence-electron chi connectivity index (χ4n) is 2.21. The summed E-state index contributed by atoms with van der Waals surface area (Å²) in [6.07, 6.45) is 0.980. The van der Waals surface area contributed by atoms with Gasteiger partial charge in [0.05, 0.1) is 11.8 Å². The Morgan fingerprint density at radius 3 is 2.80 bits per heavy atom. The maximum Gasteiger partial charge on any atom is 0.237 e. The van der Waals surface area contributed by atoms with E-state index >= 15 is 0 Å². The van der Waals surface area contributed by atoms with Crippen LogP contribution in [0.5, 0.6) is 0 Å². The molecule has 0 bridgehead atoms. The first kappa shape index (κ1) is 17.6. The molecule has 0 saturated carbocycles. The normalized spacial score (nSPS) is 12.1. The van der Waals surface area contributed by atoms with Crippen molar-refractivity contribution in [3.63, 3.8) is 0 Å². The first-order chi connectivity index (χ1) is 12.2. The van der Waals surface area contributed by atoms with Crippen LogP contribution in [0.3, 0.4) is 0 Å². The van der Waals surface area contributed by atoms with Crippen LogP contribution >= 0.6 is 23.1 Å². The molecule has 0 radical (unpaired) electrons. The summed E-state index contributed by atoms with van der Waals surface area (Å²) in [7, 11) is 0. The second-order valence-corrected chi connectivity index (χ2v) is 7.84. The van der Waals surface area contributed by atoms with Gasteiger partial charge in [-0.15, -0.1) is 16.4 Å². The van der Waals surface area contributed by atoms with Crippen LogP contribution in [-0.4, -0.2) is 31.4 Å². The third-order valence-corrected chi connectivity index (χ3v) is 5.60. The minimum atomic E-state index is -0.307. The van der Waals surface area contributed by atoms with Crippen molar-refractivity contribution in [1.82, 2.24) is 20.2 Å². The van der Waals surface area contributed by atoms with Gasteiger partial charge in [0.25, 0.3) is 0 Å². The van der Waals surface area contributed by atoms with Crippen LogP contribution in [0.25, 0.3) is 0 Å². The monoisotopic (exact) mass is 373 g/mol. The average molecular weight is 374 g/mol. The number of benzene rings is 1. The number of rotatable bonds is 7. The Balaban J connectivity index is 1.60. The van der Waals surface area contributed by atoms with Crippen LogP contribution in [0.4, 0.5) is 5.69 Å². The zero-order chi connectivity index (χ0) is 17.6. The Bertz CT molecular complexity index is 814. The van der Waals surface area contributed by atoms with E-state index in [-0.39, 0.29) is 11.2 Å². The summed E-state index contributed by atoms with van der Waals surface area (Å²) in [5.41, 5.74) is 2.04. The van der Waals surface area contributed by atoms with Gasteiger partial charge < -0.3 is 5.32 Å². The molecule has 0 saturated heterocycles. The van der Waals surface area contributed by atoms with Crippen molar-refractivity contribution in [3.05, 3.63) is 52.2 Å². The highest BCUT2D eigenvalue weighted by molar-refractivity contribution is 8.00. The number of amides is 1. The molecule has 1 N–H and O–H groups in total. The van der Waals surface area contributed by atoms with E-state index < -0.39 is 0 Å². The third kappa shape index (κ3) is 4.67. The maximum atomic E-state index is 12.4. The number of thiophene rings is 1. The van der Waals surface area contributed by atoms with Gasteiger partial charge in [0.1, 0.15) is 0 Å². The van der Waals surface area contributed by atoms with Gasteiger partial charge in [-0.05, 0) is 52.9 Å². The highest BCUT2D eigenvalue weighted by Gasteiger charge is 2.19. The Labute approximate surface area is 154 Å². The molecule has 0 fully saturated rings. The molecule has 1 atom stereocenters. The second kappa shape index (κ2) is 8.26. The molecule has 0 spiro atoms.